The number of ether oxygens (including phenoxy) is 2. The Labute approximate surface area is 118 Å². The van der Waals surface area contributed by atoms with Crippen LogP contribution < -0.4 is 9.47 Å². The second kappa shape index (κ2) is 6.52. The number of hydrogen-bond acceptors (Lipinski definition) is 2. The lowest BCUT2D eigenvalue weighted by Crippen LogP contribution is -2.09. The summed E-state index contributed by atoms with van der Waals surface area (Å²) in [5.74, 6) is -0.633. The Balaban J connectivity index is 1.79. The van der Waals surface area contributed by atoms with Crippen LogP contribution in [-0.4, -0.2) is 13.2 Å². The molecule has 0 heterocycles. The van der Waals surface area contributed by atoms with Crippen LogP contribution in [-0.2, 0) is 0 Å². The van der Waals surface area contributed by atoms with E-state index >= 15 is 0 Å². The molecule has 0 N–H and O–H groups in total. The van der Waals surface area contributed by atoms with Gasteiger partial charge in [0.05, 0.1) is 0 Å². The number of benzene rings is 2. The molecule has 0 aliphatic heterocycles. The third-order valence-corrected chi connectivity index (χ3v) is 2.85. The van der Waals surface area contributed by atoms with Gasteiger partial charge in [-0.3, -0.25) is 0 Å². The van der Waals surface area contributed by atoms with Crippen molar-refractivity contribution in [2.24, 2.45) is 0 Å². The summed E-state index contributed by atoms with van der Waals surface area (Å²) in [6, 6.07) is 10.5. The predicted molar refractivity (Wildman–Crippen MR) is 71.5 cm³/mol. The lowest BCUT2D eigenvalue weighted by molar-refractivity contribution is 0.211. The second-order valence-electron chi connectivity index (χ2n) is 3.73. The summed E-state index contributed by atoms with van der Waals surface area (Å²) >= 11 is 3.32. The van der Waals surface area contributed by atoms with Gasteiger partial charge in [-0.25, -0.2) is 8.78 Å². The molecule has 5 heteroatoms. The molecule has 0 bridgehead atoms. The SMILES string of the molecule is Fc1ccc(OCCOc2ccc(Br)cc2)c(F)c1. The molecule has 0 saturated heterocycles. The van der Waals surface area contributed by atoms with Crippen LogP contribution in [0.2, 0.25) is 0 Å². The molecule has 0 spiro atoms. The third kappa shape index (κ3) is 4.21. The van der Waals surface area contributed by atoms with Crippen LogP contribution in [0.3, 0.4) is 0 Å². The van der Waals surface area contributed by atoms with E-state index in [2.05, 4.69) is 15.9 Å². The standard InChI is InChI=1S/C14H11BrF2O2/c15-10-1-4-12(5-2-10)18-7-8-19-14-6-3-11(16)9-13(14)17/h1-6,9H,7-8H2. The first-order valence-electron chi connectivity index (χ1n) is 5.61. The summed E-state index contributed by atoms with van der Waals surface area (Å²) in [4.78, 5) is 0. The summed E-state index contributed by atoms with van der Waals surface area (Å²) in [7, 11) is 0. The average molecular weight is 329 g/mol. The van der Waals surface area contributed by atoms with Crippen LogP contribution in [0.4, 0.5) is 8.78 Å². The summed E-state index contributed by atoms with van der Waals surface area (Å²) in [6.07, 6.45) is 0. The molecule has 2 aromatic rings. The van der Waals surface area contributed by atoms with E-state index in [-0.39, 0.29) is 19.0 Å². The molecule has 0 unspecified atom stereocenters. The Hall–Kier alpha value is -1.62. The fourth-order valence-electron chi connectivity index (χ4n) is 1.43. The van der Waals surface area contributed by atoms with Gasteiger partial charge in [0.2, 0.25) is 0 Å². The Morgan fingerprint density at radius 1 is 0.895 bits per heavy atom. The third-order valence-electron chi connectivity index (χ3n) is 2.32. The van der Waals surface area contributed by atoms with Crippen molar-refractivity contribution in [3.05, 3.63) is 58.6 Å². The zero-order chi connectivity index (χ0) is 13.7. The van der Waals surface area contributed by atoms with Crippen LogP contribution in [0.1, 0.15) is 0 Å². The smallest absolute Gasteiger partial charge is 0.167 e. The van der Waals surface area contributed by atoms with E-state index in [1.54, 1.807) is 0 Å². The van der Waals surface area contributed by atoms with Crippen LogP contribution >= 0.6 is 15.9 Å². The van der Waals surface area contributed by atoms with Gasteiger partial charge in [-0.15, -0.1) is 0 Å². The molecule has 19 heavy (non-hydrogen) atoms. The molecule has 2 nitrogen and oxygen atoms in total. The zero-order valence-corrected chi connectivity index (χ0v) is 11.5. The first kappa shape index (κ1) is 13.8. The summed E-state index contributed by atoms with van der Waals surface area (Å²) in [6.45, 7) is 0.455. The van der Waals surface area contributed by atoms with Crippen molar-refractivity contribution in [1.82, 2.24) is 0 Å². The molecular formula is C14H11BrF2O2. The maximum Gasteiger partial charge on any atom is 0.167 e. The molecule has 0 atom stereocenters. The highest BCUT2D eigenvalue weighted by molar-refractivity contribution is 9.10. The maximum atomic E-state index is 13.2. The molecule has 100 valence electrons. The first-order chi connectivity index (χ1) is 9.15. The minimum absolute atomic E-state index is 0.0146. The number of rotatable bonds is 5. The Kier molecular flexibility index (Phi) is 4.74. The molecule has 0 saturated carbocycles. The van der Waals surface area contributed by atoms with Crippen molar-refractivity contribution in [3.8, 4) is 11.5 Å². The molecular weight excluding hydrogens is 318 g/mol. The first-order valence-corrected chi connectivity index (χ1v) is 6.40. The van der Waals surface area contributed by atoms with Gasteiger partial charge < -0.3 is 9.47 Å². The minimum atomic E-state index is -0.719. The van der Waals surface area contributed by atoms with E-state index in [9.17, 15) is 8.78 Å². The van der Waals surface area contributed by atoms with Gasteiger partial charge in [-0.1, -0.05) is 15.9 Å². The van der Waals surface area contributed by atoms with Crippen LogP contribution in [0.5, 0.6) is 11.5 Å². The van der Waals surface area contributed by atoms with Crippen molar-refractivity contribution < 1.29 is 18.3 Å². The van der Waals surface area contributed by atoms with E-state index in [1.165, 1.54) is 6.07 Å². The average Bonchev–Trinajstić information content (AvgIpc) is 2.39. The van der Waals surface area contributed by atoms with Gasteiger partial charge >= 0.3 is 0 Å². The Bertz CT molecular complexity index is 544. The lowest BCUT2D eigenvalue weighted by Gasteiger charge is -2.09. The monoisotopic (exact) mass is 328 g/mol. The normalized spacial score (nSPS) is 10.3. The van der Waals surface area contributed by atoms with Crippen LogP contribution in [0.15, 0.2) is 46.9 Å². The van der Waals surface area contributed by atoms with Gasteiger partial charge in [0.25, 0.3) is 0 Å². The molecule has 0 radical (unpaired) electrons. The van der Waals surface area contributed by atoms with Gasteiger partial charge in [-0.2, -0.15) is 0 Å². The van der Waals surface area contributed by atoms with Crippen molar-refractivity contribution in [1.29, 1.82) is 0 Å². The largest absolute Gasteiger partial charge is 0.490 e. The highest BCUT2D eigenvalue weighted by Gasteiger charge is 2.04. The Morgan fingerprint density at radius 3 is 2.26 bits per heavy atom. The minimum Gasteiger partial charge on any atom is -0.490 e. The van der Waals surface area contributed by atoms with Gasteiger partial charge in [0, 0.05) is 10.5 Å². The number of halogens is 3. The zero-order valence-electron chi connectivity index (χ0n) is 9.91. The van der Waals surface area contributed by atoms with Crippen LogP contribution in [0.25, 0.3) is 0 Å². The van der Waals surface area contributed by atoms with Crippen molar-refractivity contribution in [3.63, 3.8) is 0 Å². The van der Waals surface area contributed by atoms with Gasteiger partial charge in [0.15, 0.2) is 11.6 Å². The van der Waals surface area contributed by atoms with Gasteiger partial charge in [-0.05, 0) is 36.4 Å². The molecule has 0 aromatic heterocycles. The molecule has 2 rings (SSSR count). The van der Waals surface area contributed by atoms with Crippen LogP contribution in [0, 0.1) is 11.6 Å². The lowest BCUT2D eigenvalue weighted by atomic mass is 10.3. The second-order valence-corrected chi connectivity index (χ2v) is 4.64. The molecule has 0 fully saturated rings. The maximum absolute atomic E-state index is 13.2. The highest BCUT2D eigenvalue weighted by Crippen LogP contribution is 2.18. The van der Waals surface area contributed by atoms with Crippen molar-refractivity contribution >= 4 is 15.9 Å². The molecule has 0 aliphatic rings. The fourth-order valence-corrected chi connectivity index (χ4v) is 1.70. The predicted octanol–water partition coefficient (Wildman–Crippen LogP) is 4.19. The summed E-state index contributed by atoms with van der Waals surface area (Å²) < 4.78 is 37.4. The van der Waals surface area contributed by atoms with E-state index in [0.717, 1.165) is 16.6 Å². The van der Waals surface area contributed by atoms with Gasteiger partial charge in [0.1, 0.15) is 24.8 Å². The van der Waals surface area contributed by atoms with E-state index in [0.29, 0.717) is 5.75 Å². The van der Waals surface area contributed by atoms with Crippen molar-refractivity contribution in [2.45, 2.75) is 0 Å². The molecule has 2 aromatic carbocycles. The van der Waals surface area contributed by atoms with E-state index < -0.39 is 11.6 Å². The van der Waals surface area contributed by atoms with E-state index in [1.807, 2.05) is 24.3 Å². The van der Waals surface area contributed by atoms with E-state index in [4.69, 9.17) is 9.47 Å². The number of hydrogen-bond donors (Lipinski definition) is 0. The van der Waals surface area contributed by atoms with Crippen molar-refractivity contribution in [2.75, 3.05) is 13.2 Å². The highest BCUT2D eigenvalue weighted by atomic mass is 79.9. The Morgan fingerprint density at radius 2 is 1.58 bits per heavy atom. The molecule has 0 aliphatic carbocycles. The topological polar surface area (TPSA) is 18.5 Å². The quantitative estimate of drug-likeness (QED) is 0.766. The fraction of sp³-hybridized carbons (Fsp3) is 0.143. The molecule has 0 amide bonds. The summed E-state index contributed by atoms with van der Waals surface area (Å²) in [5.41, 5.74) is 0. The summed E-state index contributed by atoms with van der Waals surface area (Å²) in [5, 5.41) is 0.